The molecule has 0 bridgehead atoms. The lowest BCUT2D eigenvalue weighted by Gasteiger charge is -2.35. The van der Waals surface area contributed by atoms with Crippen molar-refractivity contribution in [2.45, 2.75) is 66.4 Å². The summed E-state index contributed by atoms with van der Waals surface area (Å²) >= 11 is 0. The summed E-state index contributed by atoms with van der Waals surface area (Å²) in [6.45, 7) is 10.9. The van der Waals surface area contributed by atoms with E-state index < -0.39 is 0 Å². The topological polar surface area (TPSA) is 55.4 Å². The van der Waals surface area contributed by atoms with E-state index in [4.69, 9.17) is 4.74 Å². The van der Waals surface area contributed by atoms with Crippen LogP contribution < -0.4 is 5.32 Å². The molecule has 6 atom stereocenters. The molecule has 26 heavy (non-hydrogen) atoms. The molecule has 1 fully saturated rings. The molecule has 0 unspecified atom stereocenters. The molecule has 4 heteroatoms. The van der Waals surface area contributed by atoms with Crippen LogP contribution in [0, 0.1) is 29.6 Å². The van der Waals surface area contributed by atoms with E-state index in [1.807, 2.05) is 0 Å². The van der Waals surface area contributed by atoms with E-state index in [2.05, 4.69) is 39.1 Å². The van der Waals surface area contributed by atoms with Gasteiger partial charge < -0.3 is 10.1 Å². The first-order valence-electron chi connectivity index (χ1n) is 10.1. The maximum atomic E-state index is 12.5. The smallest absolute Gasteiger partial charge is 0.302 e. The molecule has 1 aliphatic heterocycles. The van der Waals surface area contributed by atoms with Crippen LogP contribution in [0.25, 0.3) is 0 Å². The number of amides is 1. The van der Waals surface area contributed by atoms with Gasteiger partial charge in [-0.2, -0.15) is 0 Å². The second kappa shape index (κ2) is 7.58. The second-order valence-corrected chi connectivity index (χ2v) is 8.85. The van der Waals surface area contributed by atoms with E-state index in [0.717, 1.165) is 31.3 Å². The molecule has 0 aromatic carbocycles. The Hall–Kier alpha value is -1.58. The summed E-state index contributed by atoms with van der Waals surface area (Å²) in [7, 11) is 0. The fourth-order valence-corrected chi connectivity index (χ4v) is 5.16. The number of ether oxygens (including phenoxy) is 1. The molecule has 0 aromatic rings. The molecule has 3 rings (SSSR count). The van der Waals surface area contributed by atoms with Gasteiger partial charge in [-0.1, -0.05) is 25.5 Å². The maximum absolute atomic E-state index is 12.5. The van der Waals surface area contributed by atoms with Crippen LogP contribution in [-0.2, 0) is 14.3 Å². The van der Waals surface area contributed by atoms with Crippen LogP contribution in [0.4, 0.5) is 0 Å². The van der Waals surface area contributed by atoms with Crippen molar-refractivity contribution in [3.8, 4) is 0 Å². The van der Waals surface area contributed by atoms with Gasteiger partial charge in [0.2, 0.25) is 5.91 Å². The molecule has 0 radical (unpaired) electrons. The number of fused-ring (bicyclic) bond motifs is 2. The number of hydrogen-bond acceptors (Lipinski definition) is 3. The summed E-state index contributed by atoms with van der Waals surface area (Å²) in [5.74, 6) is 1.90. The first-order valence-corrected chi connectivity index (χ1v) is 10.1. The summed E-state index contributed by atoms with van der Waals surface area (Å²) in [6, 6.07) is 0. The second-order valence-electron chi connectivity index (χ2n) is 8.85. The maximum Gasteiger partial charge on any atom is 0.302 e. The molecule has 3 aliphatic rings. The summed E-state index contributed by atoms with van der Waals surface area (Å²) < 4.78 is 5.84. The summed E-state index contributed by atoms with van der Waals surface area (Å²) in [5.41, 5.74) is 3.58. The molecule has 144 valence electrons. The van der Waals surface area contributed by atoms with Gasteiger partial charge in [0, 0.05) is 25.0 Å². The van der Waals surface area contributed by atoms with Crippen molar-refractivity contribution >= 4 is 11.9 Å². The lowest BCUT2D eigenvalue weighted by Crippen LogP contribution is -2.36. The first kappa shape index (κ1) is 19.2. The Morgan fingerprint density at radius 3 is 2.69 bits per heavy atom. The molecule has 4 nitrogen and oxygen atoms in total. The fourth-order valence-electron chi connectivity index (χ4n) is 5.16. The highest BCUT2D eigenvalue weighted by Crippen LogP contribution is 2.55. The zero-order valence-corrected chi connectivity index (χ0v) is 16.8. The monoisotopic (exact) mass is 359 g/mol. The van der Waals surface area contributed by atoms with Crippen molar-refractivity contribution in [1.29, 1.82) is 0 Å². The Morgan fingerprint density at radius 1 is 1.31 bits per heavy atom. The van der Waals surface area contributed by atoms with Gasteiger partial charge in [0.25, 0.3) is 0 Å². The molecule has 0 saturated heterocycles. The minimum Gasteiger partial charge on any atom is -0.462 e. The van der Waals surface area contributed by atoms with Gasteiger partial charge in [0.05, 0.1) is 0 Å². The summed E-state index contributed by atoms with van der Waals surface area (Å²) in [5, 5.41) is 3.06. The predicted molar refractivity (Wildman–Crippen MR) is 102 cm³/mol. The molecule has 1 heterocycles. The SMILES string of the molecule is CC(=O)O[C@@H]1C[C@@H](C)[C@@H]2C[C@@H]2C2=C(CNC2=O)[C@@H]1[C@H](C)CCC=C(C)C. The standard InChI is InChI=1S/C22H33NO3/c1-12(2)7-6-8-13(3)20-18-11-23-22(25)21(18)17-10-16(17)14(4)9-19(20)26-15(5)24/h7,13-14,16-17,19-20H,6,8-11H2,1-5H3,(H,23,25)/t13-,14-,16+,17+,19-,20+/m1/s1. The van der Waals surface area contributed by atoms with Crippen LogP contribution in [0.15, 0.2) is 22.8 Å². The van der Waals surface area contributed by atoms with E-state index in [1.54, 1.807) is 0 Å². The van der Waals surface area contributed by atoms with Crippen molar-refractivity contribution in [2.24, 2.45) is 29.6 Å². The third-order valence-electron chi connectivity index (χ3n) is 6.48. The fraction of sp³-hybridized carbons (Fsp3) is 0.727. The van der Waals surface area contributed by atoms with Crippen molar-refractivity contribution in [3.63, 3.8) is 0 Å². The van der Waals surface area contributed by atoms with Crippen LogP contribution in [0.1, 0.15) is 60.3 Å². The average Bonchev–Trinajstić information content (AvgIpc) is 3.22. The normalized spacial score (nSPS) is 34.0. The van der Waals surface area contributed by atoms with E-state index in [9.17, 15) is 9.59 Å². The van der Waals surface area contributed by atoms with Crippen LogP contribution >= 0.6 is 0 Å². The van der Waals surface area contributed by atoms with Gasteiger partial charge in [0.15, 0.2) is 0 Å². The van der Waals surface area contributed by atoms with Crippen molar-refractivity contribution in [2.75, 3.05) is 6.54 Å². The highest BCUT2D eigenvalue weighted by atomic mass is 16.5. The highest BCUT2D eigenvalue weighted by molar-refractivity contribution is 5.98. The van der Waals surface area contributed by atoms with Crippen molar-refractivity contribution in [3.05, 3.63) is 22.8 Å². The Balaban J connectivity index is 1.93. The van der Waals surface area contributed by atoms with Crippen molar-refractivity contribution in [1.82, 2.24) is 5.32 Å². The number of allylic oxidation sites excluding steroid dienone is 2. The molecule has 1 N–H and O–H groups in total. The zero-order chi connectivity index (χ0) is 19.0. The highest BCUT2D eigenvalue weighted by Gasteiger charge is 2.52. The minimum absolute atomic E-state index is 0.115. The van der Waals surface area contributed by atoms with Crippen LogP contribution in [0.5, 0.6) is 0 Å². The van der Waals surface area contributed by atoms with Gasteiger partial charge in [0.1, 0.15) is 6.10 Å². The van der Waals surface area contributed by atoms with E-state index >= 15 is 0 Å². The summed E-state index contributed by atoms with van der Waals surface area (Å²) in [4.78, 5) is 24.3. The quantitative estimate of drug-likeness (QED) is 0.596. The number of carbonyl (C=O) groups excluding carboxylic acids is 2. The Labute approximate surface area is 157 Å². The minimum atomic E-state index is -0.212. The van der Waals surface area contributed by atoms with Crippen LogP contribution in [-0.4, -0.2) is 24.5 Å². The number of nitrogens with one attached hydrogen (secondary N) is 1. The molecule has 2 aliphatic carbocycles. The van der Waals surface area contributed by atoms with Gasteiger partial charge in [-0.15, -0.1) is 0 Å². The Morgan fingerprint density at radius 2 is 2.04 bits per heavy atom. The van der Waals surface area contributed by atoms with Crippen molar-refractivity contribution < 1.29 is 14.3 Å². The van der Waals surface area contributed by atoms with E-state index in [0.29, 0.717) is 30.2 Å². The average molecular weight is 360 g/mol. The molecular formula is C22H33NO3. The van der Waals surface area contributed by atoms with Crippen LogP contribution in [0.3, 0.4) is 0 Å². The lowest BCUT2D eigenvalue weighted by molar-refractivity contribution is -0.150. The lowest BCUT2D eigenvalue weighted by atomic mass is 9.73. The predicted octanol–water partition coefficient (Wildman–Crippen LogP) is 4.02. The van der Waals surface area contributed by atoms with Gasteiger partial charge in [-0.25, -0.2) is 0 Å². The van der Waals surface area contributed by atoms with Crippen LogP contribution in [0.2, 0.25) is 0 Å². The number of rotatable bonds is 5. The molecule has 0 spiro atoms. The molecule has 1 amide bonds. The molecule has 0 aromatic heterocycles. The van der Waals surface area contributed by atoms with Gasteiger partial charge >= 0.3 is 5.97 Å². The Bertz CT molecular complexity index is 644. The Kier molecular flexibility index (Phi) is 5.59. The number of hydrogen-bond donors (Lipinski definition) is 1. The van der Waals surface area contributed by atoms with E-state index in [-0.39, 0.29) is 23.9 Å². The van der Waals surface area contributed by atoms with E-state index in [1.165, 1.54) is 18.1 Å². The third kappa shape index (κ3) is 3.89. The largest absolute Gasteiger partial charge is 0.462 e. The number of esters is 1. The summed E-state index contributed by atoms with van der Waals surface area (Å²) in [6.07, 6.45) is 6.23. The third-order valence-corrected chi connectivity index (χ3v) is 6.48. The number of carbonyl (C=O) groups is 2. The zero-order valence-electron chi connectivity index (χ0n) is 16.8. The molecular weight excluding hydrogens is 326 g/mol. The van der Waals surface area contributed by atoms with Gasteiger partial charge in [-0.05, 0) is 68.8 Å². The molecule has 1 saturated carbocycles. The van der Waals surface area contributed by atoms with Gasteiger partial charge in [-0.3, -0.25) is 9.59 Å². The first-order chi connectivity index (χ1) is 12.3.